The van der Waals surface area contributed by atoms with Gasteiger partial charge in [-0.3, -0.25) is 33.1 Å². The molecule has 406 valence electrons. The van der Waals surface area contributed by atoms with E-state index in [9.17, 15) is 20.0 Å². The number of rotatable bonds is 20. The van der Waals surface area contributed by atoms with Crippen LogP contribution in [0.4, 0.5) is 20.4 Å². The van der Waals surface area contributed by atoms with Crippen molar-refractivity contribution in [1.29, 1.82) is 5.26 Å². The van der Waals surface area contributed by atoms with Crippen LogP contribution in [0.5, 0.6) is 0 Å². The minimum Gasteiger partial charge on any atom is -0.387 e. The molecule has 2 aliphatic rings. The molecule has 21 nitrogen and oxygen atoms in total. The predicted molar refractivity (Wildman–Crippen MR) is 287 cm³/mol. The van der Waals surface area contributed by atoms with Gasteiger partial charge in [-0.05, 0) is 41.0 Å². The van der Waals surface area contributed by atoms with E-state index in [1.807, 2.05) is 97.1 Å². The molecule has 11 rings (SSSR count). The lowest BCUT2D eigenvalue weighted by Gasteiger charge is -2.38. The second kappa shape index (κ2) is 23.4. The molecule has 6 heterocycles. The lowest BCUT2D eigenvalue weighted by atomic mass is 9.77. The Labute approximate surface area is 455 Å². The molecule has 0 spiro atoms. The Morgan fingerprint density at radius 1 is 0.637 bits per heavy atom. The van der Waals surface area contributed by atoms with E-state index in [0.29, 0.717) is 11.1 Å². The van der Waals surface area contributed by atoms with E-state index < -0.39 is 87.5 Å². The third kappa shape index (κ3) is 10.7. The summed E-state index contributed by atoms with van der Waals surface area (Å²) in [4.78, 5) is 52.2. The molecule has 0 aliphatic carbocycles. The summed E-state index contributed by atoms with van der Waals surface area (Å²) in [6, 6.07) is 47.6. The second-order valence-corrected chi connectivity index (χ2v) is 20.4. The number of aliphatic hydroxyl groups is 1. The number of aromatic nitrogens is 8. The van der Waals surface area contributed by atoms with Crippen molar-refractivity contribution in [3.8, 4) is 6.07 Å². The second-order valence-electron chi connectivity index (χ2n) is 18.6. The first-order chi connectivity index (χ1) is 39.0. The maximum atomic E-state index is 18.0. The highest BCUT2D eigenvalue weighted by Crippen LogP contribution is 2.51. The third-order valence-corrected chi connectivity index (χ3v) is 15.4. The van der Waals surface area contributed by atoms with Crippen molar-refractivity contribution in [3.05, 3.63) is 205 Å². The average Bonchev–Trinajstić information content (AvgIpc) is 4.41. The van der Waals surface area contributed by atoms with Gasteiger partial charge in [0, 0.05) is 24.2 Å². The number of carbonyl (C=O) groups is 2. The Kier molecular flexibility index (Phi) is 15.6. The molecule has 1 unspecified atom stereocenters. The number of nitrogens with zero attached hydrogens (tertiary/aromatic N) is 9. The number of hydrogen-bond donors (Lipinski definition) is 5. The number of carbonyl (C=O) groups excluding carboxylic acids is 2. The molecule has 9 aromatic rings. The van der Waals surface area contributed by atoms with Gasteiger partial charge in [0.05, 0.1) is 37.3 Å². The van der Waals surface area contributed by atoms with Crippen LogP contribution in [0.15, 0.2) is 177 Å². The molecule has 9 atom stereocenters. The molecule has 0 radical (unpaired) electrons. The number of amides is 2. The summed E-state index contributed by atoms with van der Waals surface area (Å²) >= 11 is 0. The molecular formula is C56H50F2N13O8P. The van der Waals surface area contributed by atoms with Gasteiger partial charge in [0.15, 0.2) is 58.8 Å². The van der Waals surface area contributed by atoms with Gasteiger partial charge in [-0.25, -0.2) is 48.3 Å². The number of imidazole rings is 2. The van der Waals surface area contributed by atoms with E-state index in [2.05, 4.69) is 50.9 Å². The van der Waals surface area contributed by atoms with Crippen LogP contribution in [0.25, 0.3) is 22.3 Å². The summed E-state index contributed by atoms with van der Waals surface area (Å²) in [5, 5.41) is 32.7. The van der Waals surface area contributed by atoms with Crippen LogP contribution in [-0.4, -0.2) is 112 Å². The van der Waals surface area contributed by atoms with Crippen LogP contribution in [0.1, 0.15) is 56.3 Å². The van der Waals surface area contributed by atoms with Gasteiger partial charge >= 0.3 is 7.75 Å². The number of nitriles is 1. The quantitative estimate of drug-likeness (QED) is 0.0279. The highest BCUT2D eigenvalue weighted by atomic mass is 31.2. The van der Waals surface area contributed by atoms with Crippen molar-refractivity contribution in [3.63, 3.8) is 0 Å². The van der Waals surface area contributed by atoms with Gasteiger partial charge in [-0.15, -0.1) is 0 Å². The number of halogens is 2. The molecule has 0 bridgehead atoms. The van der Waals surface area contributed by atoms with E-state index in [1.165, 1.54) is 28.1 Å². The highest BCUT2D eigenvalue weighted by Gasteiger charge is 2.53. The average molecular weight is 1100 g/mol. The summed E-state index contributed by atoms with van der Waals surface area (Å²) in [6.45, 7) is -1.21. The Balaban J connectivity index is 0.902. The number of nitrogens with one attached hydrogen (secondary N) is 4. The zero-order valence-corrected chi connectivity index (χ0v) is 43.1. The molecule has 2 amide bonds. The smallest absolute Gasteiger partial charge is 0.387 e. The molecule has 2 fully saturated rings. The van der Waals surface area contributed by atoms with Gasteiger partial charge in [0.1, 0.15) is 37.1 Å². The molecule has 80 heavy (non-hydrogen) atoms. The molecule has 4 aromatic heterocycles. The molecule has 2 aliphatic heterocycles. The number of aliphatic hydroxyl groups excluding tert-OH is 1. The van der Waals surface area contributed by atoms with E-state index >= 15 is 13.3 Å². The van der Waals surface area contributed by atoms with Gasteiger partial charge in [-0.1, -0.05) is 127 Å². The SMILES string of the molecule is N#CCCOP(=O)(NC[C@H]1O[C@@H](n2cnc3c(NC(=O)c4ccccc4)ncnc32)[C@H](F)[C@@H]1O)O[C@H]1[C@@H](F)[C@H](n2cnc3c(NC(=O)c4ccccc4)ncnc32)O[C@@H]1CNC(c1ccccc1)(c1ccccc1)c1ccccc1. The standard InChI is InChI=1S/C56H50F2N13O8P/c57-42-46(72)40(77-54(42)70-33-64-44-48(60-31-62-50(44)70)68-52(73)35-17-6-1-7-18-35)30-67-80(75,76-28-16-27-59)79-47-41(29-66-56(37-21-10-3-11-22-37,38-23-12-4-13-24-38)39-25-14-5-15-26-39)78-55(43(47)58)71-34-65-45-49(61-32-63-51(45)71)69-53(74)36-19-8-2-9-20-36/h1-15,17-26,31-34,40-43,46-47,54-55,66,72H,16,28-30H2,(H,67,75)(H,60,62,68,73)(H,61,63,69,74)/t40-,41-,42-,43-,46-,47-,54-,55-,80?/m1/s1. The number of anilines is 2. The summed E-state index contributed by atoms with van der Waals surface area (Å²) < 4.78 is 76.9. The predicted octanol–water partition coefficient (Wildman–Crippen LogP) is 7.60. The molecule has 2 saturated heterocycles. The van der Waals surface area contributed by atoms with Crippen molar-refractivity contribution >= 4 is 53.5 Å². The third-order valence-electron chi connectivity index (χ3n) is 13.8. The van der Waals surface area contributed by atoms with Crippen LogP contribution in [0.3, 0.4) is 0 Å². The minimum atomic E-state index is -4.82. The largest absolute Gasteiger partial charge is 0.406 e. The molecular weight excluding hydrogens is 1050 g/mol. The minimum absolute atomic E-state index is 0.0395. The lowest BCUT2D eigenvalue weighted by molar-refractivity contribution is -0.0246. The number of hydrogen-bond acceptors (Lipinski definition) is 16. The van der Waals surface area contributed by atoms with Crippen LogP contribution in [0, 0.1) is 11.3 Å². The van der Waals surface area contributed by atoms with E-state index in [-0.39, 0.29) is 46.9 Å². The van der Waals surface area contributed by atoms with Crippen molar-refractivity contribution in [2.75, 3.05) is 30.3 Å². The number of fused-ring (bicyclic) bond motifs is 2. The fourth-order valence-electron chi connectivity index (χ4n) is 9.91. The van der Waals surface area contributed by atoms with Crippen LogP contribution < -0.4 is 21.0 Å². The van der Waals surface area contributed by atoms with Crippen LogP contribution in [-0.2, 0) is 28.6 Å². The van der Waals surface area contributed by atoms with Gasteiger partial charge in [0.25, 0.3) is 11.8 Å². The maximum absolute atomic E-state index is 18.0. The van der Waals surface area contributed by atoms with E-state index in [0.717, 1.165) is 23.0 Å². The van der Waals surface area contributed by atoms with E-state index in [4.69, 9.17) is 18.5 Å². The Bertz CT molecular complexity index is 3600. The van der Waals surface area contributed by atoms with Crippen molar-refractivity contribution in [2.45, 2.75) is 61.2 Å². The summed E-state index contributed by atoms with van der Waals surface area (Å²) in [5.41, 5.74) is 2.43. The molecule has 5 aromatic carbocycles. The Morgan fingerprint density at radius 2 is 1.09 bits per heavy atom. The summed E-state index contributed by atoms with van der Waals surface area (Å²) in [5.74, 6) is -0.869. The summed E-state index contributed by atoms with van der Waals surface area (Å²) in [6.07, 6.45) is -9.12. The van der Waals surface area contributed by atoms with Crippen LogP contribution in [0.2, 0.25) is 0 Å². The summed E-state index contributed by atoms with van der Waals surface area (Å²) in [7, 11) is -4.82. The lowest BCUT2D eigenvalue weighted by Crippen LogP contribution is -2.50. The number of benzene rings is 5. The van der Waals surface area contributed by atoms with Crippen LogP contribution >= 0.6 is 7.75 Å². The van der Waals surface area contributed by atoms with Gasteiger partial charge in [0.2, 0.25) is 0 Å². The Morgan fingerprint density at radius 3 is 1.56 bits per heavy atom. The first-order valence-corrected chi connectivity index (χ1v) is 26.9. The van der Waals surface area contributed by atoms with Crippen molar-refractivity contribution in [2.24, 2.45) is 0 Å². The van der Waals surface area contributed by atoms with Crippen molar-refractivity contribution in [1.82, 2.24) is 49.4 Å². The van der Waals surface area contributed by atoms with Crippen molar-refractivity contribution < 1.29 is 46.6 Å². The number of alkyl halides is 2. The monoisotopic (exact) mass is 1100 g/mol. The molecule has 5 N–H and O–H groups in total. The zero-order valence-electron chi connectivity index (χ0n) is 42.2. The maximum Gasteiger partial charge on any atom is 0.406 e. The highest BCUT2D eigenvalue weighted by molar-refractivity contribution is 7.51. The first kappa shape index (κ1) is 53.4. The molecule has 24 heteroatoms. The first-order valence-electron chi connectivity index (χ1n) is 25.4. The number of ether oxygens (including phenoxy) is 2. The normalized spacial score (nSPS) is 21.7. The topological polar surface area (TPSA) is 267 Å². The fourth-order valence-corrected chi connectivity index (χ4v) is 11.4. The van der Waals surface area contributed by atoms with Gasteiger partial charge < -0.3 is 25.2 Å². The fraction of sp³-hybridized carbons (Fsp3) is 0.232. The molecule has 0 saturated carbocycles. The Hall–Kier alpha value is -8.56. The van der Waals surface area contributed by atoms with E-state index in [1.54, 1.807) is 60.7 Å². The van der Waals surface area contributed by atoms with Gasteiger partial charge in [-0.2, -0.15) is 5.26 Å². The zero-order chi connectivity index (χ0) is 55.2.